The predicted octanol–water partition coefficient (Wildman–Crippen LogP) is 4.66. The summed E-state index contributed by atoms with van der Waals surface area (Å²) in [6.45, 7) is 0. The van der Waals surface area contributed by atoms with E-state index in [9.17, 15) is 8.78 Å². The highest BCUT2D eigenvalue weighted by molar-refractivity contribution is 14.2. The lowest BCUT2D eigenvalue weighted by atomic mass is 10.1. The molecule has 0 bridgehead atoms. The van der Waals surface area contributed by atoms with Crippen molar-refractivity contribution in [2.75, 3.05) is 0 Å². The summed E-state index contributed by atoms with van der Waals surface area (Å²) in [6, 6.07) is 2.82. The van der Waals surface area contributed by atoms with Crippen LogP contribution >= 0.6 is 46.3 Å². The lowest BCUT2D eigenvalue weighted by Crippen LogP contribution is -1.92. The van der Waals surface area contributed by atoms with E-state index in [4.69, 9.17) is 0 Å². The molecule has 80 valence electrons. The third kappa shape index (κ3) is 1.91. The van der Waals surface area contributed by atoms with Crippen LogP contribution in [0.4, 0.5) is 8.78 Å². The van der Waals surface area contributed by atoms with Gasteiger partial charge in [0.05, 0.1) is 5.52 Å². The fourth-order valence-corrected chi connectivity index (χ4v) is 3.28. The van der Waals surface area contributed by atoms with Gasteiger partial charge in [-0.15, -0.1) is 0 Å². The highest BCUT2D eigenvalue weighted by Crippen LogP contribution is 2.31. The van der Waals surface area contributed by atoms with E-state index in [1.807, 2.05) is 3.97 Å². The Kier molecular flexibility index (Phi) is 3.56. The summed E-state index contributed by atoms with van der Waals surface area (Å²) in [7, 11) is 1.43. The van der Waals surface area contributed by atoms with Gasteiger partial charge in [-0.1, -0.05) is 15.9 Å². The molecular formula is C9H5BrF2INS. The summed E-state index contributed by atoms with van der Waals surface area (Å²) < 4.78 is 28.5. The van der Waals surface area contributed by atoms with Crippen molar-refractivity contribution in [3.63, 3.8) is 0 Å². The number of fused-ring (bicyclic) bond motifs is 1. The van der Waals surface area contributed by atoms with Crippen molar-refractivity contribution in [1.82, 2.24) is 3.97 Å². The third-order valence-corrected chi connectivity index (χ3v) is 4.45. The molecule has 0 radical (unpaired) electrons. The van der Waals surface area contributed by atoms with Crippen LogP contribution in [0.5, 0.6) is 0 Å². The van der Waals surface area contributed by atoms with Gasteiger partial charge in [0.1, 0.15) is 0 Å². The summed E-state index contributed by atoms with van der Waals surface area (Å²) in [5, 5.41) is 0.829. The Hall–Kier alpha value is 0.180. The van der Waals surface area contributed by atoms with Crippen LogP contribution < -0.4 is 0 Å². The summed E-state index contributed by atoms with van der Waals surface area (Å²) in [5.74, 6) is -1.58. The Morgan fingerprint density at radius 2 is 2.20 bits per heavy atom. The molecule has 1 aromatic carbocycles. The monoisotopic (exact) mass is 403 g/mol. The summed E-state index contributed by atoms with van der Waals surface area (Å²) in [6.07, 6.45) is 1.73. The number of alkyl halides is 1. The van der Waals surface area contributed by atoms with Crippen molar-refractivity contribution in [2.45, 2.75) is 5.33 Å². The average Bonchev–Trinajstić information content (AvgIpc) is 2.67. The number of rotatable bonds is 2. The zero-order valence-electron chi connectivity index (χ0n) is 7.31. The van der Waals surface area contributed by atoms with Crippen molar-refractivity contribution in [3.05, 3.63) is 35.5 Å². The zero-order valence-corrected chi connectivity index (χ0v) is 11.9. The third-order valence-electron chi connectivity index (χ3n) is 2.12. The first-order chi connectivity index (χ1) is 7.19. The van der Waals surface area contributed by atoms with Gasteiger partial charge in [0, 0.05) is 47.2 Å². The molecule has 1 heterocycles. The van der Waals surface area contributed by atoms with Gasteiger partial charge >= 0.3 is 0 Å². The van der Waals surface area contributed by atoms with E-state index in [1.165, 1.54) is 15.2 Å². The molecule has 2 rings (SSSR count). The van der Waals surface area contributed by atoms with Gasteiger partial charge in [-0.2, -0.15) is 0 Å². The van der Waals surface area contributed by atoms with Gasteiger partial charge in [0.15, 0.2) is 11.6 Å². The van der Waals surface area contributed by atoms with Crippen LogP contribution in [-0.4, -0.2) is 3.97 Å². The molecule has 0 unspecified atom stereocenters. The van der Waals surface area contributed by atoms with Crippen LogP contribution in [0, 0.1) is 11.6 Å². The van der Waals surface area contributed by atoms with Crippen LogP contribution in [0.3, 0.4) is 0 Å². The highest BCUT2D eigenvalue weighted by atomic mass is 127. The SMILES string of the molecule is Fc1cc(CBr)c2c(ccn2SI)c1F. The molecule has 0 amide bonds. The van der Waals surface area contributed by atoms with E-state index < -0.39 is 11.6 Å². The number of benzene rings is 1. The van der Waals surface area contributed by atoms with Crippen molar-refractivity contribution >= 4 is 57.2 Å². The lowest BCUT2D eigenvalue weighted by Gasteiger charge is -2.05. The largest absolute Gasteiger partial charge is 0.282 e. The first kappa shape index (κ1) is 11.7. The Morgan fingerprint density at radius 3 is 2.80 bits per heavy atom. The summed E-state index contributed by atoms with van der Waals surface area (Å²) >= 11 is 5.37. The molecule has 1 aromatic heterocycles. The maximum Gasteiger partial charge on any atom is 0.168 e. The molecule has 0 N–H and O–H groups in total. The number of hydrogen-bond acceptors (Lipinski definition) is 1. The molecule has 0 aliphatic carbocycles. The number of halogens is 4. The van der Waals surface area contributed by atoms with Crippen molar-refractivity contribution in [3.8, 4) is 0 Å². The average molecular weight is 404 g/mol. The second kappa shape index (κ2) is 4.58. The molecule has 2 aromatic rings. The molecule has 0 saturated carbocycles. The molecule has 0 aliphatic rings. The minimum Gasteiger partial charge on any atom is -0.282 e. The van der Waals surface area contributed by atoms with E-state index in [0.717, 1.165) is 11.1 Å². The second-order valence-corrected chi connectivity index (χ2v) is 5.21. The van der Waals surface area contributed by atoms with Crippen LogP contribution in [0.2, 0.25) is 0 Å². The van der Waals surface area contributed by atoms with E-state index in [2.05, 4.69) is 37.1 Å². The molecule has 0 aliphatic heterocycles. The normalized spacial score (nSPS) is 11.2. The van der Waals surface area contributed by atoms with E-state index >= 15 is 0 Å². The quantitative estimate of drug-likeness (QED) is 0.521. The number of nitrogens with zero attached hydrogens (tertiary/aromatic N) is 1. The molecule has 0 saturated heterocycles. The molecule has 1 nitrogen and oxygen atoms in total. The molecule has 6 heteroatoms. The topological polar surface area (TPSA) is 4.93 Å². The Morgan fingerprint density at radius 1 is 1.47 bits per heavy atom. The Balaban J connectivity index is 2.86. The van der Waals surface area contributed by atoms with Gasteiger partial charge in [-0.05, 0) is 17.7 Å². The second-order valence-electron chi connectivity index (χ2n) is 2.94. The maximum absolute atomic E-state index is 13.4. The van der Waals surface area contributed by atoms with Gasteiger partial charge in [0.25, 0.3) is 0 Å². The van der Waals surface area contributed by atoms with Crippen molar-refractivity contribution < 1.29 is 8.78 Å². The van der Waals surface area contributed by atoms with Gasteiger partial charge < -0.3 is 0 Å². The van der Waals surface area contributed by atoms with Crippen molar-refractivity contribution in [2.24, 2.45) is 0 Å². The maximum atomic E-state index is 13.4. The molecule has 15 heavy (non-hydrogen) atoms. The fourth-order valence-electron chi connectivity index (χ4n) is 1.48. The number of hydrogen-bond donors (Lipinski definition) is 0. The first-order valence-electron chi connectivity index (χ1n) is 4.02. The Labute approximate surface area is 110 Å². The fraction of sp³-hybridized carbons (Fsp3) is 0.111. The molecule has 0 atom stereocenters. The van der Waals surface area contributed by atoms with Crippen LogP contribution in [0.25, 0.3) is 10.9 Å². The predicted molar refractivity (Wildman–Crippen MR) is 71.5 cm³/mol. The van der Waals surface area contributed by atoms with Crippen molar-refractivity contribution in [1.29, 1.82) is 0 Å². The minimum absolute atomic E-state index is 0.327. The standard InChI is InChI=1S/C9H5BrF2INS/c10-4-5-3-7(11)8(12)6-1-2-14(15-13)9(5)6/h1-3H,4H2. The van der Waals surface area contributed by atoms with Crippen LogP contribution in [0.1, 0.15) is 5.56 Å². The summed E-state index contributed by atoms with van der Waals surface area (Å²) in [4.78, 5) is 0. The van der Waals surface area contributed by atoms with Gasteiger partial charge in [0.2, 0.25) is 0 Å². The lowest BCUT2D eigenvalue weighted by molar-refractivity contribution is 0.516. The Bertz CT molecular complexity index is 514. The number of aromatic nitrogens is 1. The molecule has 0 spiro atoms. The van der Waals surface area contributed by atoms with Gasteiger partial charge in [-0.25, -0.2) is 8.78 Å². The zero-order chi connectivity index (χ0) is 11.0. The van der Waals surface area contributed by atoms with E-state index in [1.54, 1.807) is 12.3 Å². The first-order valence-corrected chi connectivity index (χ1v) is 8.45. The van der Waals surface area contributed by atoms with Gasteiger partial charge in [-0.3, -0.25) is 3.97 Å². The van der Waals surface area contributed by atoms with Crippen LogP contribution in [0.15, 0.2) is 18.3 Å². The molecule has 0 fully saturated rings. The van der Waals surface area contributed by atoms with E-state index in [0.29, 0.717) is 10.7 Å². The smallest absolute Gasteiger partial charge is 0.168 e. The minimum atomic E-state index is -0.798. The van der Waals surface area contributed by atoms with Crippen LogP contribution in [-0.2, 0) is 5.33 Å². The van der Waals surface area contributed by atoms with E-state index in [-0.39, 0.29) is 0 Å². The molecular weight excluding hydrogens is 399 g/mol. The highest BCUT2D eigenvalue weighted by Gasteiger charge is 2.14. The summed E-state index contributed by atoms with van der Waals surface area (Å²) in [5.41, 5.74) is 1.48.